The second-order valence-electron chi connectivity index (χ2n) is 5.49. The number of thiocarbonyl (C=S) groups is 1. The molecule has 0 amide bonds. The van der Waals surface area contributed by atoms with E-state index in [9.17, 15) is 0 Å². The largest absolute Gasteiger partial charge is 0.338 e. The molecule has 0 radical (unpaired) electrons. The standard InChI is InChI=1S/C16H18BrN3S2/c17-14-2-1-3-15(10-14)18-16(21)20-7-5-19(6-8-20)11-13-4-9-22-12-13/h1-4,9-10,12H,5-8,11H2,(H,18,21)/p+1. The molecule has 0 unspecified atom stereocenters. The zero-order valence-corrected chi connectivity index (χ0v) is 15.4. The van der Waals surface area contributed by atoms with E-state index in [0.717, 1.165) is 48.0 Å². The van der Waals surface area contributed by atoms with E-state index in [1.807, 2.05) is 24.3 Å². The highest BCUT2D eigenvalue weighted by Gasteiger charge is 2.21. The van der Waals surface area contributed by atoms with Crippen LogP contribution >= 0.6 is 39.5 Å². The van der Waals surface area contributed by atoms with E-state index in [4.69, 9.17) is 12.2 Å². The van der Waals surface area contributed by atoms with E-state index < -0.39 is 0 Å². The van der Waals surface area contributed by atoms with Gasteiger partial charge in [0.1, 0.15) is 6.54 Å². The summed E-state index contributed by atoms with van der Waals surface area (Å²) in [6.45, 7) is 5.42. The van der Waals surface area contributed by atoms with E-state index in [2.05, 4.69) is 43.0 Å². The molecule has 1 fully saturated rings. The topological polar surface area (TPSA) is 19.7 Å². The quantitative estimate of drug-likeness (QED) is 0.777. The summed E-state index contributed by atoms with van der Waals surface area (Å²) in [6.07, 6.45) is 0. The molecule has 1 saturated heterocycles. The molecule has 1 aromatic carbocycles. The summed E-state index contributed by atoms with van der Waals surface area (Å²) in [5, 5.41) is 8.56. The molecule has 0 aliphatic carbocycles. The fraction of sp³-hybridized carbons (Fsp3) is 0.312. The Hall–Kier alpha value is -0.950. The number of quaternary nitrogens is 1. The number of piperazine rings is 1. The normalized spacial score (nSPS) is 15.8. The Kier molecular flexibility index (Phi) is 5.46. The van der Waals surface area contributed by atoms with Crippen LogP contribution in [-0.4, -0.2) is 36.2 Å². The van der Waals surface area contributed by atoms with Gasteiger partial charge in [-0.3, -0.25) is 0 Å². The number of nitrogens with one attached hydrogen (secondary N) is 2. The molecule has 3 nitrogen and oxygen atoms in total. The molecule has 1 aliphatic rings. The summed E-state index contributed by atoms with van der Waals surface area (Å²) < 4.78 is 1.06. The number of nitrogens with zero attached hydrogens (tertiary/aromatic N) is 1. The lowest BCUT2D eigenvalue weighted by atomic mass is 10.2. The van der Waals surface area contributed by atoms with Crippen molar-refractivity contribution in [1.82, 2.24) is 4.90 Å². The van der Waals surface area contributed by atoms with Crippen molar-refractivity contribution in [3.8, 4) is 0 Å². The van der Waals surface area contributed by atoms with Crippen LogP contribution in [0.1, 0.15) is 5.56 Å². The summed E-state index contributed by atoms with van der Waals surface area (Å²) in [4.78, 5) is 3.91. The molecular weight excluding hydrogens is 378 g/mol. The Labute approximate surface area is 149 Å². The number of benzene rings is 1. The van der Waals surface area contributed by atoms with E-state index in [0.29, 0.717) is 0 Å². The van der Waals surface area contributed by atoms with E-state index in [1.54, 1.807) is 16.2 Å². The van der Waals surface area contributed by atoms with Gasteiger partial charge in [-0.1, -0.05) is 22.0 Å². The van der Waals surface area contributed by atoms with Crippen molar-refractivity contribution in [3.63, 3.8) is 0 Å². The maximum Gasteiger partial charge on any atom is 0.173 e. The van der Waals surface area contributed by atoms with Gasteiger partial charge in [0.05, 0.1) is 26.2 Å². The molecular formula is C16H19BrN3S2+. The molecule has 0 bridgehead atoms. The van der Waals surface area contributed by atoms with Crippen molar-refractivity contribution in [3.05, 3.63) is 51.1 Å². The predicted octanol–water partition coefficient (Wildman–Crippen LogP) is 2.61. The fourth-order valence-corrected chi connectivity index (χ4v) is 4.02. The van der Waals surface area contributed by atoms with Crippen molar-refractivity contribution in [2.75, 3.05) is 31.5 Å². The van der Waals surface area contributed by atoms with Gasteiger partial charge in [0.15, 0.2) is 5.11 Å². The lowest BCUT2D eigenvalue weighted by Gasteiger charge is -2.33. The maximum atomic E-state index is 5.55. The van der Waals surface area contributed by atoms with Gasteiger partial charge in [-0.25, -0.2) is 0 Å². The monoisotopic (exact) mass is 396 g/mol. The number of anilines is 1. The average molecular weight is 397 g/mol. The maximum absolute atomic E-state index is 5.55. The van der Waals surface area contributed by atoms with Crippen LogP contribution in [0.15, 0.2) is 45.6 Å². The van der Waals surface area contributed by atoms with Gasteiger partial charge in [-0.2, -0.15) is 11.3 Å². The minimum atomic E-state index is 0.827. The summed E-state index contributed by atoms with van der Waals surface area (Å²) >= 11 is 10.8. The van der Waals surface area contributed by atoms with Gasteiger partial charge in [0.25, 0.3) is 0 Å². The summed E-state index contributed by atoms with van der Waals surface area (Å²) in [5.74, 6) is 0. The minimum Gasteiger partial charge on any atom is -0.338 e. The van der Waals surface area contributed by atoms with Gasteiger partial charge in [-0.05, 0) is 47.2 Å². The Morgan fingerprint density at radius 1 is 1.32 bits per heavy atom. The third-order valence-electron chi connectivity index (χ3n) is 3.87. The number of rotatable bonds is 3. The third kappa shape index (κ3) is 4.29. The molecule has 22 heavy (non-hydrogen) atoms. The molecule has 2 heterocycles. The van der Waals surface area contributed by atoms with Crippen molar-refractivity contribution >= 4 is 50.3 Å². The van der Waals surface area contributed by atoms with Crippen molar-refractivity contribution in [2.24, 2.45) is 0 Å². The SMILES string of the molecule is S=C(Nc1cccc(Br)c1)N1CC[NH+](Cc2ccsc2)CC1. The average Bonchev–Trinajstić information content (AvgIpc) is 3.01. The number of thiophene rings is 1. The predicted molar refractivity (Wildman–Crippen MR) is 101 cm³/mol. The van der Waals surface area contributed by atoms with E-state index >= 15 is 0 Å². The van der Waals surface area contributed by atoms with Gasteiger partial charge in [-0.15, -0.1) is 0 Å². The lowest BCUT2D eigenvalue weighted by Crippen LogP contribution is -3.13. The van der Waals surface area contributed by atoms with Crippen molar-refractivity contribution < 1.29 is 4.90 Å². The van der Waals surface area contributed by atoms with Gasteiger partial charge in [0, 0.05) is 15.7 Å². The molecule has 0 atom stereocenters. The zero-order chi connectivity index (χ0) is 15.4. The van der Waals surface area contributed by atoms with Crippen LogP contribution in [0.4, 0.5) is 5.69 Å². The molecule has 2 N–H and O–H groups in total. The number of hydrogen-bond acceptors (Lipinski definition) is 2. The smallest absolute Gasteiger partial charge is 0.173 e. The van der Waals surface area contributed by atoms with Crippen LogP contribution in [0, 0.1) is 0 Å². The summed E-state index contributed by atoms with van der Waals surface area (Å²) in [7, 11) is 0. The Balaban J connectivity index is 1.49. The van der Waals surface area contributed by atoms with Gasteiger partial charge >= 0.3 is 0 Å². The third-order valence-corrected chi connectivity index (χ3v) is 5.45. The minimum absolute atomic E-state index is 0.827. The van der Waals surface area contributed by atoms with Gasteiger partial charge < -0.3 is 15.1 Å². The van der Waals surface area contributed by atoms with Crippen molar-refractivity contribution in [2.45, 2.75) is 6.54 Å². The van der Waals surface area contributed by atoms with Crippen molar-refractivity contribution in [1.29, 1.82) is 0 Å². The van der Waals surface area contributed by atoms with Gasteiger partial charge in [0.2, 0.25) is 0 Å². The Bertz CT molecular complexity index is 622. The first-order valence-electron chi connectivity index (χ1n) is 7.37. The summed E-state index contributed by atoms with van der Waals surface area (Å²) in [6, 6.07) is 10.3. The van der Waals surface area contributed by atoms with Crippen LogP contribution in [0.5, 0.6) is 0 Å². The zero-order valence-electron chi connectivity index (χ0n) is 12.2. The molecule has 116 valence electrons. The van der Waals surface area contributed by atoms with E-state index in [-0.39, 0.29) is 0 Å². The van der Waals surface area contributed by atoms with Crippen LogP contribution in [0.25, 0.3) is 0 Å². The Morgan fingerprint density at radius 3 is 2.82 bits per heavy atom. The molecule has 1 aromatic heterocycles. The fourth-order valence-electron chi connectivity index (χ4n) is 2.65. The number of hydrogen-bond donors (Lipinski definition) is 2. The molecule has 3 rings (SSSR count). The highest BCUT2D eigenvalue weighted by Crippen LogP contribution is 2.16. The first kappa shape index (κ1) is 15.9. The van der Waals surface area contributed by atoms with E-state index in [1.165, 1.54) is 5.56 Å². The Morgan fingerprint density at radius 2 is 2.14 bits per heavy atom. The highest BCUT2D eigenvalue weighted by atomic mass is 79.9. The second-order valence-corrected chi connectivity index (χ2v) is 7.57. The molecule has 0 saturated carbocycles. The van der Waals surface area contributed by atoms with Crippen LogP contribution < -0.4 is 10.2 Å². The first-order chi connectivity index (χ1) is 10.7. The molecule has 2 aromatic rings. The lowest BCUT2D eigenvalue weighted by molar-refractivity contribution is -0.917. The van der Waals surface area contributed by atoms with Crippen LogP contribution in [0.2, 0.25) is 0 Å². The van der Waals surface area contributed by atoms with Crippen LogP contribution in [0.3, 0.4) is 0 Å². The number of halogens is 1. The molecule has 0 spiro atoms. The second kappa shape index (κ2) is 7.55. The molecule has 6 heteroatoms. The summed E-state index contributed by atoms with van der Waals surface area (Å²) in [5.41, 5.74) is 2.48. The highest BCUT2D eigenvalue weighted by molar-refractivity contribution is 9.10. The van der Waals surface area contributed by atoms with Crippen LogP contribution in [-0.2, 0) is 6.54 Å². The molecule has 1 aliphatic heterocycles. The first-order valence-corrected chi connectivity index (χ1v) is 9.51.